The number of benzene rings is 1. The summed E-state index contributed by atoms with van der Waals surface area (Å²) in [5.41, 5.74) is 0.713. The van der Waals surface area contributed by atoms with Crippen molar-refractivity contribution in [3.05, 3.63) is 58.5 Å². The zero-order valence-electron chi connectivity index (χ0n) is 15.5. The molecule has 3 aromatic rings. The van der Waals surface area contributed by atoms with Gasteiger partial charge in [-0.3, -0.25) is 9.59 Å². The molecule has 10 nitrogen and oxygen atoms in total. The highest BCUT2D eigenvalue weighted by molar-refractivity contribution is 6.30. The van der Waals surface area contributed by atoms with Crippen LogP contribution < -0.4 is 20.1 Å². The first kappa shape index (κ1) is 20.2. The van der Waals surface area contributed by atoms with Crippen LogP contribution >= 0.6 is 11.6 Å². The number of nitrogens with one attached hydrogen (secondary N) is 2. The number of carbonyl (C=O) groups excluding carboxylic acids is 2. The van der Waals surface area contributed by atoms with Gasteiger partial charge in [0.25, 0.3) is 23.6 Å². The van der Waals surface area contributed by atoms with E-state index in [-0.39, 0.29) is 29.8 Å². The average molecular weight is 421 g/mol. The summed E-state index contributed by atoms with van der Waals surface area (Å²) in [4.78, 5) is 24.8. The maximum absolute atomic E-state index is 12.5. The lowest BCUT2D eigenvalue weighted by atomic mass is 10.1. The van der Waals surface area contributed by atoms with Crippen molar-refractivity contribution in [2.75, 3.05) is 20.8 Å². The standard InChI is InChI=1S/C18H17ClN4O6/c1-26-15-7-13(28-22-15)17(24)20-9-12(10-3-5-11(19)6-4-10)21-18(25)14-8-16(27-2)23-29-14/h3-8,12H,9H2,1-2H3,(H,20,24)(H,21,25)/t12-/m0/s1. The Balaban J connectivity index is 1.73. The van der Waals surface area contributed by atoms with Crippen molar-refractivity contribution in [2.45, 2.75) is 6.04 Å². The smallest absolute Gasteiger partial charge is 0.290 e. The average Bonchev–Trinajstić information content (AvgIpc) is 3.41. The van der Waals surface area contributed by atoms with Crippen LogP contribution in [-0.4, -0.2) is 42.9 Å². The Bertz CT molecular complexity index is 984. The molecule has 152 valence electrons. The molecule has 11 heteroatoms. The summed E-state index contributed by atoms with van der Waals surface area (Å²) in [6.07, 6.45) is 0. The Morgan fingerprint density at radius 1 is 1.00 bits per heavy atom. The molecule has 1 atom stereocenters. The van der Waals surface area contributed by atoms with Gasteiger partial charge in [-0.1, -0.05) is 23.7 Å². The lowest BCUT2D eigenvalue weighted by Gasteiger charge is -2.19. The fourth-order valence-electron chi connectivity index (χ4n) is 2.38. The first-order chi connectivity index (χ1) is 14.0. The molecule has 2 N–H and O–H groups in total. The first-order valence-electron chi connectivity index (χ1n) is 8.36. The van der Waals surface area contributed by atoms with Crippen molar-refractivity contribution >= 4 is 23.4 Å². The molecule has 0 saturated heterocycles. The van der Waals surface area contributed by atoms with Crippen molar-refractivity contribution in [3.8, 4) is 11.8 Å². The summed E-state index contributed by atoms with van der Waals surface area (Å²) >= 11 is 5.93. The maximum Gasteiger partial charge on any atom is 0.290 e. The number of methoxy groups -OCH3 is 2. The van der Waals surface area contributed by atoms with Crippen LogP contribution in [0, 0.1) is 0 Å². The minimum Gasteiger partial charge on any atom is -0.479 e. The molecule has 0 spiro atoms. The van der Waals surface area contributed by atoms with Gasteiger partial charge in [0.05, 0.1) is 32.4 Å². The van der Waals surface area contributed by atoms with Crippen molar-refractivity contribution in [1.29, 1.82) is 0 Å². The molecule has 0 radical (unpaired) electrons. The van der Waals surface area contributed by atoms with E-state index < -0.39 is 17.9 Å². The highest BCUT2D eigenvalue weighted by Gasteiger charge is 2.21. The van der Waals surface area contributed by atoms with Gasteiger partial charge in [0.15, 0.2) is 0 Å². The molecule has 1 aromatic carbocycles. The van der Waals surface area contributed by atoms with E-state index >= 15 is 0 Å². The Kier molecular flexibility index (Phi) is 6.35. The number of nitrogens with zero attached hydrogens (tertiary/aromatic N) is 2. The number of ether oxygens (including phenoxy) is 2. The summed E-state index contributed by atoms with van der Waals surface area (Å²) in [5, 5.41) is 13.2. The van der Waals surface area contributed by atoms with Crippen LogP contribution in [0.25, 0.3) is 0 Å². The van der Waals surface area contributed by atoms with E-state index in [9.17, 15) is 9.59 Å². The van der Waals surface area contributed by atoms with Crippen LogP contribution in [0.15, 0.2) is 45.4 Å². The third kappa shape index (κ3) is 5.05. The van der Waals surface area contributed by atoms with E-state index in [1.807, 2.05) is 0 Å². The monoisotopic (exact) mass is 420 g/mol. The van der Waals surface area contributed by atoms with Crippen LogP contribution in [0.1, 0.15) is 32.7 Å². The summed E-state index contributed by atoms with van der Waals surface area (Å²) in [5.74, 6) is -0.760. The van der Waals surface area contributed by atoms with Gasteiger partial charge in [0, 0.05) is 11.6 Å². The highest BCUT2D eigenvalue weighted by Crippen LogP contribution is 2.18. The number of rotatable bonds is 8. The van der Waals surface area contributed by atoms with Gasteiger partial charge in [-0.15, -0.1) is 0 Å². The van der Waals surface area contributed by atoms with Gasteiger partial charge in [-0.05, 0) is 28.0 Å². The zero-order valence-corrected chi connectivity index (χ0v) is 16.2. The largest absolute Gasteiger partial charge is 0.479 e. The molecular formula is C18H17ClN4O6. The van der Waals surface area contributed by atoms with Gasteiger partial charge < -0.3 is 29.2 Å². The second-order valence-electron chi connectivity index (χ2n) is 5.75. The predicted molar refractivity (Wildman–Crippen MR) is 100 cm³/mol. The quantitative estimate of drug-likeness (QED) is 0.567. The number of amides is 2. The van der Waals surface area contributed by atoms with E-state index in [2.05, 4.69) is 20.9 Å². The van der Waals surface area contributed by atoms with Gasteiger partial charge >= 0.3 is 0 Å². The molecule has 0 bridgehead atoms. The normalized spacial score (nSPS) is 11.6. The Labute approximate surface area is 170 Å². The fraction of sp³-hybridized carbons (Fsp3) is 0.222. The molecule has 2 heterocycles. The van der Waals surface area contributed by atoms with E-state index in [1.165, 1.54) is 26.4 Å². The topological polar surface area (TPSA) is 129 Å². The van der Waals surface area contributed by atoms with E-state index in [1.54, 1.807) is 24.3 Å². The SMILES string of the molecule is COc1cc(C(=O)NC[C@H](NC(=O)c2cc(OC)no2)c2ccc(Cl)cc2)on1. The number of aromatic nitrogens is 2. The highest BCUT2D eigenvalue weighted by atomic mass is 35.5. The van der Waals surface area contributed by atoms with Crippen molar-refractivity contribution in [1.82, 2.24) is 20.9 Å². The number of hydrogen-bond acceptors (Lipinski definition) is 8. The van der Waals surface area contributed by atoms with Crippen LogP contribution in [0.2, 0.25) is 5.02 Å². The van der Waals surface area contributed by atoms with E-state index in [4.69, 9.17) is 30.1 Å². The van der Waals surface area contributed by atoms with Crippen LogP contribution in [-0.2, 0) is 0 Å². The predicted octanol–water partition coefficient (Wildman–Crippen LogP) is 2.23. The van der Waals surface area contributed by atoms with Crippen LogP contribution in [0.4, 0.5) is 0 Å². The Morgan fingerprint density at radius 3 is 2.07 bits per heavy atom. The van der Waals surface area contributed by atoms with Crippen LogP contribution in [0.3, 0.4) is 0 Å². The molecule has 3 rings (SSSR count). The molecule has 2 amide bonds. The molecule has 0 fully saturated rings. The molecule has 0 saturated carbocycles. The summed E-state index contributed by atoms with van der Waals surface area (Å²) < 4.78 is 19.6. The molecule has 0 unspecified atom stereocenters. The fourth-order valence-corrected chi connectivity index (χ4v) is 2.51. The molecule has 0 aliphatic heterocycles. The van der Waals surface area contributed by atoms with Crippen molar-refractivity contribution in [3.63, 3.8) is 0 Å². The van der Waals surface area contributed by atoms with E-state index in [0.29, 0.717) is 10.6 Å². The molecular weight excluding hydrogens is 404 g/mol. The molecule has 0 aliphatic carbocycles. The number of carbonyl (C=O) groups is 2. The second-order valence-corrected chi connectivity index (χ2v) is 6.19. The Morgan fingerprint density at radius 2 is 1.55 bits per heavy atom. The molecule has 0 aliphatic rings. The Hall–Kier alpha value is -3.53. The van der Waals surface area contributed by atoms with Gasteiger partial charge in [0.2, 0.25) is 11.5 Å². The number of halogens is 1. The first-order valence-corrected chi connectivity index (χ1v) is 8.74. The van der Waals surface area contributed by atoms with Crippen LogP contribution in [0.5, 0.6) is 11.8 Å². The number of hydrogen-bond donors (Lipinski definition) is 2. The third-order valence-electron chi connectivity index (χ3n) is 3.89. The van der Waals surface area contributed by atoms with Gasteiger partial charge in [0.1, 0.15) is 0 Å². The third-order valence-corrected chi connectivity index (χ3v) is 4.14. The summed E-state index contributed by atoms with van der Waals surface area (Å²) in [6.45, 7) is 0.0560. The van der Waals surface area contributed by atoms with Gasteiger partial charge in [-0.25, -0.2) is 0 Å². The second kappa shape index (κ2) is 9.11. The minimum atomic E-state index is -0.593. The molecule has 2 aromatic heterocycles. The van der Waals surface area contributed by atoms with Crippen molar-refractivity contribution in [2.24, 2.45) is 0 Å². The lowest BCUT2D eigenvalue weighted by molar-refractivity contribution is 0.0871. The van der Waals surface area contributed by atoms with Gasteiger partial charge in [-0.2, -0.15) is 0 Å². The molecule has 29 heavy (non-hydrogen) atoms. The lowest BCUT2D eigenvalue weighted by Crippen LogP contribution is -2.37. The van der Waals surface area contributed by atoms with Crippen molar-refractivity contribution < 1.29 is 28.1 Å². The van der Waals surface area contributed by atoms with E-state index in [0.717, 1.165) is 0 Å². The summed E-state index contributed by atoms with van der Waals surface area (Å²) in [6, 6.07) is 8.94. The minimum absolute atomic E-state index is 0.0250. The maximum atomic E-state index is 12.5. The zero-order chi connectivity index (χ0) is 20.8. The summed E-state index contributed by atoms with van der Waals surface area (Å²) in [7, 11) is 2.81.